The van der Waals surface area contributed by atoms with Gasteiger partial charge in [0, 0.05) is 17.1 Å². The number of para-hydroxylation sites is 1. The predicted octanol–water partition coefficient (Wildman–Crippen LogP) is 4.50. The Balaban J connectivity index is 1.65. The summed E-state index contributed by atoms with van der Waals surface area (Å²) in [6.45, 7) is 4.98. The third-order valence-corrected chi connectivity index (χ3v) is 5.30. The van der Waals surface area contributed by atoms with Gasteiger partial charge in [-0.25, -0.2) is 4.99 Å². The van der Waals surface area contributed by atoms with Crippen LogP contribution in [0.2, 0.25) is 5.02 Å². The zero-order chi connectivity index (χ0) is 18.1. The third kappa shape index (κ3) is 3.39. The summed E-state index contributed by atoms with van der Waals surface area (Å²) in [7, 11) is 0. The number of nitrogens with zero attached hydrogens (tertiary/aromatic N) is 3. The van der Waals surface area contributed by atoms with Crippen molar-refractivity contribution in [2.45, 2.75) is 19.8 Å². The van der Waals surface area contributed by atoms with Crippen molar-refractivity contribution in [3.63, 3.8) is 0 Å². The molecule has 4 nitrogen and oxygen atoms in total. The van der Waals surface area contributed by atoms with Gasteiger partial charge in [-0.1, -0.05) is 36.7 Å². The molecule has 2 aromatic rings. The van der Waals surface area contributed by atoms with Crippen molar-refractivity contribution >= 4 is 34.6 Å². The first-order valence-corrected chi connectivity index (χ1v) is 9.47. The van der Waals surface area contributed by atoms with Gasteiger partial charge in [0.15, 0.2) is 0 Å². The van der Waals surface area contributed by atoms with Gasteiger partial charge in [0.25, 0.3) is 5.91 Å². The number of carbonyl (C=O) groups excluding carboxylic acids is 1. The van der Waals surface area contributed by atoms with Gasteiger partial charge in [-0.2, -0.15) is 0 Å². The van der Waals surface area contributed by atoms with Gasteiger partial charge in [0.2, 0.25) is 0 Å². The van der Waals surface area contributed by atoms with E-state index in [0.29, 0.717) is 23.3 Å². The Bertz CT molecular complexity index is 847. The average molecular weight is 368 g/mol. The first kappa shape index (κ1) is 17.3. The highest BCUT2D eigenvalue weighted by atomic mass is 35.5. The number of anilines is 1. The largest absolute Gasteiger partial charge is 0.293 e. The second kappa shape index (κ2) is 7.22. The van der Waals surface area contributed by atoms with E-state index in [1.165, 1.54) is 12.8 Å². The highest BCUT2D eigenvalue weighted by Crippen LogP contribution is 2.31. The summed E-state index contributed by atoms with van der Waals surface area (Å²) in [5.41, 5.74) is 3.09. The summed E-state index contributed by atoms with van der Waals surface area (Å²) >= 11 is 5.95. The van der Waals surface area contributed by atoms with Crippen LogP contribution in [0, 0.1) is 5.92 Å². The van der Waals surface area contributed by atoms with Crippen LogP contribution in [0.15, 0.2) is 53.5 Å². The van der Waals surface area contributed by atoms with Crippen molar-refractivity contribution in [1.82, 2.24) is 4.90 Å². The molecule has 5 heteroatoms. The molecule has 0 aromatic heterocycles. The number of rotatable bonds is 3. The van der Waals surface area contributed by atoms with Crippen LogP contribution in [-0.2, 0) is 4.79 Å². The molecule has 1 fully saturated rings. The zero-order valence-electron chi connectivity index (χ0n) is 14.9. The van der Waals surface area contributed by atoms with Crippen LogP contribution in [0.25, 0.3) is 0 Å². The number of likely N-dealkylation sites (tertiary alicyclic amines) is 1. The molecule has 0 unspecified atom stereocenters. The molecule has 4 rings (SSSR count). The molecule has 0 bridgehead atoms. The lowest BCUT2D eigenvalue weighted by molar-refractivity contribution is -0.112. The van der Waals surface area contributed by atoms with E-state index >= 15 is 0 Å². The molecule has 1 saturated heterocycles. The number of hydrogen-bond acceptors (Lipinski definition) is 3. The monoisotopic (exact) mass is 367 g/mol. The van der Waals surface area contributed by atoms with Crippen LogP contribution >= 0.6 is 11.6 Å². The molecular weight excluding hydrogens is 346 g/mol. The standard InChI is InChI=1S/C21H22ClN3O/c1-15-5-4-12-24(13-15)14-25-19-7-3-2-6-18(19)20(21(25)26)23-17-10-8-16(22)9-11-17/h2-3,6-11,15H,4-5,12-14H2,1H3/t15-/m0/s1. The first-order chi connectivity index (χ1) is 12.6. The topological polar surface area (TPSA) is 35.9 Å². The summed E-state index contributed by atoms with van der Waals surface area (Å²) in [5, 5.41) is 0.660. The number of piperidine rings is 1. The molecule has 1 amide bonds. The minimum Gasteiger partial charge on any atom is -0.293 e. The lowest BCUT2D eigenvalue weighted by Gasteiger charge is -2.33. The molecule has 0 saturated carbocycles. The maximum absolute atomic E-state index is 13.1. The summed E-state index contributed by atoms with van der Waals surface area (Å²) in [6.07, 6.45) is 2.46. The van der Waals surface area contributed by atoms with Crippen molar-refractivity contribution in [2.24, 2.45) is 10.9 Å². The van der Waals surface area contributed by atoms with Gasteiger partial charge < -0.3 is 0 Å². The molecule has 2 aromatic carbocycles. The predicted molar refractivity (Wildman–Crippen MR) is 106 cm³/mol. The van der Waals surface area contributed by atoms with Crippen LogP contribution in [-0.4, -0.2) is 36.3 Å². The Hall–Kier alpha value is -2.17. The molecule has 0 radical (unpaired) electrons. The second-order valence-electron chi connectivity index (χ2n) is 7.15. The fourth-order valence-electron chi connectivity index (χ4n) is 3.77. The summed E-state index contributed by atoms with van der Waals surface area (Å²) < 4.78 is 0. The van der Waals surface area contributed by atoms with Gasteiger partial charge in [-0.3, -0.25) is 14.6 Å². The molecule has 1 atom stereocenters. The third-order valence-electron chi connectivity index (χ3n) is 5.05. The van der Waals surface area contributed by atoms with E-state index in [4.69, 9.17) is 11.6 Å². The number of hydrogen-bond donors (Lipinski definition) is 0. The smallest absolute Gasteiger partial charge is 0.278 e. The van der Waals surface area contributed by atoms with Gasteiger partial charge in [-0.15, -0.1) is 0 Å². The highest BCUT2D eigenvalue weighted by Gasteiger charge is 2.35. The Labute approximate surface area is 159 Å². The summed E-state index contributed by atoms with van der Waals surface area (Å²) in [4.78, 5) is 22.0. The lowest BCUT2D eigenvalue weighted by atomic mass is 10.0. The van der Waals surface area contributed by atoms with Crippen LogP contribution < -0.4 is 4.90 Å². The Kier molecular flexibility index (Phi) is 4.79. The van der Waals surface area contributed by atoms with E-state index in [2.05, 4.69) is 16.8 Å². The molecule has 2 heterocycles. The SMILES string of the molecule is C[C@H]1CCCN(CN2C(=O)C(=Nc3ccc(Cl)cc3)c3ccccc32)C1. The van der Waals surface area contributed by atoms with Gasteiger partial charge >= 0.3 is 0 Å². The fraction of sp³-hybridized carbons (Fsp3) is 0.333. The van der Waals surface area contributed by atoms with Crippen molar-refractivity contribution < 1.29 is 4.79 Å². The van der Waals surface area contributed by atoms with Crippen molar-refractivity contribution in [3.05, 3.63) is 59.1 Å². The Morgan fingerprint density at radius 1 is 1.15 bits per heavy atom. The van der Waals surface area contributed by atoms with Crippen LogP contribution in [0.3, 0.4) is 0 Å². The number of amides is 1. The lowest BCUT2D eigenvalue weighted by Crippen LogP contribution is -2.45. The molecule has 2 aliphatic heterocycles. The van der Waals surface area contributed by atoms with Gasteiger partial charge in [0.05, 0.1) is 18.0 Å². The van der Waals surface area contributed by atoms with Crippen molar-refractivity contribution in [3.8, 4) is 0 Å². The molecule has 0 spiro atoms. The zero-order valence-corrected chi connectivity index (χ0v) is 15.6. The summed E-state index contributed by atoms with van der Waals surface area (Å²) in [6, 6.07) is 15.2. The second-order valence-corrected chi connectivity index (χ2v) is 7.59. The van der Waals surface area contributed by atoms with E-state index in [-0.39, 0.29) is 5.91 Å². The van der Waals surface area contributed by atoms with Gasteiger partial charge in [0.1, 0.15) is 5.71 Å². The van der Waals surface area contributed by atoms with Crippen LogP contribution in [0.5, 0.6) is 0 Å². The normalized spacial score (nSPS) is 22.1. The number of benzene rings is 2. The minimum atomic E-state index is -0.0284. The number of aliphatic imine (C=N–C) groups is 1. The van der Waals surface area contributed by atoms with E-state index in [1.54, 1.807) is 12.1 Å². The van der Waals surface area contributed by atoms with E-state index in [0.717, 1.165) is 30.0 Å². The van der Waals surface area contributed by atoms with E-state index in [1.807, 2.05) is 41.3 Å². The highest BCUT2D eigenvalue weighted by molar-refractivity contribution is 6.54. The maximum atomic E-state index is 13.1. The fourth-order valence-corrected chi connectivity index (χ4v) is 3.90. The number of fused-ring (bicyclic) bond motifs is 1. The minimum absolute atomic E-state index is 0.0284. The number of halogens is 1. The van der Waals surface area contributed by atoms with Crippen molar-refractivity contribution in [2.75, 3.05) is 24.7 Å². The number of carbonyl (C=O) groups is 1. The Morgan fingerprint density at radius 3 is 2.69 bits per heavy atom. The quantitative estimate of drug-likeness (QED) is 0.800. The Morgan fingerprint density at radius 2 is 1.92 bits per heavy atom. The molecule has 0 aliphatic carbocycles. The maximum Gasteiger partial charge on any atom is 0.278 e. The molecule has 134 valence electrons. The molecule has 2 aliphatic rings. The summed E-state index contributed by atoms with van der Waals surface area (Å²) in [5.74, 6) is 0.651. The van der Waals surface area contributed by atoms with Crippen LogP contribution in [0.4, 0.5) is 11.4 Å². The average Bonchev–Trinajstić information content (AvgIpc) is 2.90. The molecule has 26 heavy (non-hydrogen) atoms. The molecule has 0 N–H and O–H groups in total. The van der Waals surface area contributed by atoms with E-state index in [9.17, 15) is 4.79 Å². The van der Waals surface area contributed by atoms with Gasteiger partial charge in [-0.05, 0) is 55.6 Å². The van der Waals surface area contributed by atoms with E-state index < -0.39 is 0 Å². The van der Waals surface area contributed by atoms with Crippen molar-refractivity contribution in [1.29, 1.82) is 0 Å². The molecular formula is C21H22ClN3O. The first-order valence-electron chi connectivity index (χ1n) is 9.10. The van der Waals surface area contributed by atoms with Crippen LogP contribution in [0.1, 0.15) is 25.3 Å².